The Morgan fingerprint density at radius 3 is 1.69 bits per heavy atom. The predicted octanol–water partition coefficient (Wildman–Crippen LogP) is 14.3. The summed E-state index contributed by atoms with van der Waals surface area (Å²) in [5.41, 5.74) is 18.9. The number of rotatable bonds is 4. The van der Waals surface area contributed by atoms with E-state index >= 15 is 0 Å². The van der Waals surface area contributed by atoms with Crippen molar-refractivity contribution in [2.75, 3.05) is 0 Å². The maximum Gasteiger partial charge on any atom is 2.00 e. The van der Waals surface area contributed by atoms with Crippen LogP contribution in [0.2, 0.25) is 0 Å². The van der Waals surface area contributed by atoms with Crippen LogP contribution in [0.5, 0.6) is 0 Å². The number of hydrogen-bond acceptors (Lipinski definition) is 0. The second kappa shape index (κ2) is 18.6. The van der Waals surface area contributed by atoms with Crippen molar-refractivity contribution in [1.82, 2.24) is 0 Å². The van der Waals surface area contributed by atoms with Crippen LogP contribution in [0.3, 0.4) is 0 Å². The van der Waals surface area contributed by atoms with Gasteiger partial charge in [-0.15, -0.1) is 10.8 Å². The number of benzene rings is 8. The normalized spacial score (nSPS) is 15.7. The molecule has 3 aliphatic carbocycles. The molecule has 0 spiro atoms. The van der Waals surface area contributed by atoms with Crippen LogP contribution in [0, 0.1) is 12.6 Å². The van der Waals surface area contributed by atoms with Crippen LogP contribution in [0.1, 0.15) is 47.9 Å². The average Bonchev–Trinajstić information content (AvgIpc) is 3.56. The third-order valence-corrected chi connectivity index (χ3v) is 12.4. The SMILES string of the molecule is CC1(C)c2ccccc2-c2ccc(-c3ccc(-c4ccccc4)cc3)cc21.[CH-]=C/C=c1/ccccc1=C.[W+2].[c-]1ccc(-c2ccc3c(c2)C2C=CC=CC2c2ccccc2-3)cc1. The number of allylic oxidation sites excluding steroid dienone is 5. The van der Waals surface area contributed by atoms with Gasteiger partial charge < -0.3 is 0 Å². The van der Waals surface area contributed by atoms with Gasteiger partial charge in [-0.3, -0.25) is 6.58 Å². The average molecular weight is 965 g/mol. The quantitative estimate of drug-likeness (QED) is 0.154. The number of hydrogen-bond donors (Lipinski definition) is 0. The van der Waals surface area contributed by atoms with Crippen LogP contribution in [-0.2, 0) is 26.5 Å². The zero-order valence-electron chi connectivity index (χ0n) is 35.2. The number of fused-ring (bicyclic) bond motifs is 9. The topological polar surface area (TPSA) is 0 Å². The molecule has 0 heterocycles. The van der Waals surface area contributed by atoms with Crippen LogP contribution < -0.4 is 10.4 Å². The molecule has 1 heteroatoms. The van der Waals surface area contributed by atoms with Gasteiger partial charge in [-0.25, -0.2) is 12.2 Å². The monoisotopic (exact) mass is 964 g/mol. The summed E-state index contributed by atoms with van der Waals surface area (Å²) in [5, 5.41) is 2.08. The van der Waals surface area contributed by atoms with Gasteiger partial charge in [0.2, 0.25) is 0 Å². The van der Waals surface area contributed by atoms with E-state index in [4.69, 9.17) is 6.58 Å². The van der Waals surface area contributed by atoms with Crippen molar-refractivity contribution >= 4 is 12.7 Å². The molecule has 0 bridgehead atoms. The molecule has 0 radical (unpaired) electrons. The van der Waals surface area contributed by atoms with E-state index in [2.05, 4.69) is 202 Å². The fourth-order valence-electron chi connectivity index (χ4n) is 9.25. The van der Waals surface area contributed by atoms with Crippen molar-refractivity contribution < 1.29 is 21.1 Å². The van der Waals surface area contributed by atoms with Crippen LogP contribution in [0.25, 0.3) is 68.3 Å². The summed E-state index contributed by atoms with van der Waals surface area (Å²) in [4.78, 5) is 0. The molecule has 2 unspecified atom stereocenters. The molecule has 8 aromatic carbocycles. The first-order chi connectivity index (χ1) is 29.9. The Balaban J connectivity index is 0.000000139. The largest absolute Gasteiger partial charge is 2.00 e. The minimum absolute atomic E-state index is 0. The Bertz CT molecular complexity index is 3020. The molecule has 3 aliphatic rings. The Morgan fingerprint density at radius 2 is 0.984 bits per heavy atom. The first-order valence-electron chi connectivity index (χ1n) is 21.1. The van der Waals surface area contributed by atoms with Gasteiger partial charge in [-0.2, -0.15) is 30.3 Å². The zero-order valence-corrected chi connectivity index (χ0v) is 38.1. The fourth-order valence-corrected chi connectivity index (χ4v) is 9.25. The molecule has 2 atom stereocenters. The first-order valence-corrected chi connectivity index (χ1v) is 21.1. The third kappa shape index (κ3) is 8.37. The summed E-state index contributed by atoms with van der Waals surface area (Å²) in [7, 11) is 0. The molecular formula is C61H48W. The first kappa shape index (κ1) is 42.1. The molecule has 0 aromatic heterocycles. The van der Waals surface area contributed by atoms with E-state index in [1.807, 2.05) is 42.5 Å². The minimum Gasteiger partial charge on any atom is -0.293 e. The zero-order chi connectivity index (χ0) is 41.8. The Morgan fingerprint density at radius 1 is 0.484 bits per heavy atom. The summed E-state index contributed by atoms with van der Waals surface area (Å²) in [6, 6.07) is 70.1. The van der Waals surface area contributed by atoms with E-state index in [0.29, 0.717) is 11.8 Å². The van der Waals surface area contributed by atoms with Crippen molar-refractivity contribution in [2.24, 2.45) is 0 Å². The predicted molar refractivity (Wildman–Crippen MR) is 259 cm³/mol. The molecule has 0 N–H and O–H groups in total. The van der Waals surface area contributed by atoms with Crippen molar-refractivity contribution in [3.8, 4) is 55.6 Å². The molecule has 0 fully saturated rings. The standard InChI is InChI=1S/C27H22.C24H17.C10H9.W/c1-27(2)25-11-7-6-10-23(25)24-17-16-22(18-26(24)27)21-14-12-20(13-15-21)19-8-4-3-5-9-19;1-2-8-17(9-3-1)18-14-15-23-21-12-5-4-10-19(21)20-11-6-7-13-22(20)24(23)16-18;1-3-6-10-8-5-4-7-9(10)2;/h3-18H,1-2H3;2-16,20,22H;1,3-8H,2H2;/q;2*-1;+2/b;;10-6-;. The second-order valence-electron chi connectivity index (χ2n) is 16.4. The van der Waals surface area contributed by atoms with Gasteiger partial charge in [-0.05, 0) is 83.6 Å². The Labute approximate surface area is 382 Å². The van der Waals surface area contributed by atoms with Crippen LogP contribution >= 0.6 is 0 Å². The molecule has 0 nitrogen and oxygen atoms in total. The van der Waals surface area contributed by atoms with Gasteiger partial charge in [0.1, 0.15) is 0 Å². The maximum absolute atomic E-state index is 5.22. The van der Waals surface area contributed by atoms with Crippen LogP contribution in [-0.4, -0.2) is 0 Å². The van der Waals surface area contributed by atoms with Crippen LogP contribution in [0.4, 0.5) is 0 Å². The molecule has 0 amide bonds. The molecule has 8 aromatic rings. The molecule has 0 aliphatic heterocycles. The van der Waals surface area contributed by atoms with Gasteiger partial charge in [0, 0.05) is 17.3 Å². The Hall–Kier alpha value is -6.59. The van der Waals surface area contributed by atoms with E-state index in [0.717, 1.165) is 10.4 Å². The van der Waals surface area contributed by atoms with E-state index in [-0.39, 0.29) is 26.5 Å². The van der Waals surface area contributed by atoms with Gasteiger partial charge in [-0.1, -0.05) is 202 Å². The fraction of sp³-hybridized carbons (Fsp3) is 0.0820. The van der Waals surface area contributed by atoms with Gasteiger partial charge in [0.15, 0.2) is 0 Å². The summed E-state index contributed by atoms with van der Waals surface area (Å²) < 4.78 is 0. The molecule has 11 rings (SSSR count). The van der Waals surface area contributed by atoms with Crippen molar-refractivity contribution in [1.29, 1.82) is 0 Å². The summed E-state index contributed by atoms with van der Waals surface area (Å²) in [6.07, 6.45) is 12.4. The van der Waals surface area contributed by atoms with Crippen LogP contribution in [0.15, 0.2) is 218 Å². The van der Waals surface area contributed by atoms with Crippen molar-refractivity contribution in [3.05, 3.63) is 264 Å². The minimum atomic E-state index is 0. The van der Waals surface area contributed by atoms with E-state index in [9.17, 15) is 0 Å². The molecule has 62 heavy (non-hydrogen) atoms. The van der Waals surface area contributed by atoms with Gasteiger partial charge in [0.05, 0.1) is 0 Å². The van der Waals surface area contributed by atoms with E-state index in [1.165, 1.54) is 84.0 Å². The smallest absolute Gasteiger partial charge is 0.293 e. The molecule has 298 valence electrons. The molecular weight excluding hydrogens is 917 g/mol. The molecule has 0 saturated heterocycles. The van der Waals surface area contributed by atoms with Gasteiger partial charge >= 0.3 is 21.1 Å². The Kier molecular flexibility index (Phi) is 12.6. The summed E-state index contributed by atoms with van der Waals surface area (Å²) in [6.45, 7) is 13.7. The summed E-state index contributed by atoms with van der Waals surface area (Å²) in [5.74, 6) is 0.869. The maximum atomic E-state index is 5.22. The van der Waals surface area contributed by atoms with E-state index < -0.39 is 0 Å². The second-order valence-corrected chi connectivity index (χ2v) is 16.4. The van der Waals surface area contributed by atoms with E-state index in [1.54, 1.807) is 0 Å². The van der Waals surface area contributed by atoms with Gasteiger partial charge in [0.25, 0.3) is 0 Å². The molecule has 0 saturated carbocycles. The summed E-state index contributed by atoms with van der Waals surface area (Å²) >= 11 is 0. The van der Waals surface area contributed by atoms with Crippen molar-refractivity contribution in [2.45, 2.75) is 31.1 Å². The third-order valence-electron chi connectivity index (χ3n) is 12.4. The van der Waals surface area contributed by atoms with Crippen molar-refractivity contribution in [3.63, 3.8) is 0 Å².